The number of phenolic OH excluding ortho intramolecular Hbond substituents is 1. The second-order valence-corrected chi connectivity index (χ2v) is 13.0. The van der Waals surface area contributed by atoms with Gasteiger partial charge in [0.05, 0.1) is 6.42 Å². The van der Waals surface area contributed by atoms with Gasteiger partial charge in [0.1, 0.15) is 11.4 Å². The van der Waals surface area contributed by atoms with Gasteiger partial charge >= 0.3 is 5.97 Å². The van der Waals surface area contributed by atoms with Crippen molar-refractivity contribution in [2.45, 2.75) is 71.6 Å². The molecule has 4 aromatic rings. The fourth-order valence-corrected chi connectivity index (χ4v) is 4.81. The maximum atomic E-state index is 12.2. The van der Waals surface area contributed by atoms with Gasteiger partial charge in [0, 0.05) is 52.0 Å². The summed E-state index contributed by atoms with van der Waals surface area (Å²) in [6, 6.07) is 18.0. The lowest BCUT2D eigenvalue weighted by molar-refractivity contribution is -0.138. The van der Waals surface area contributed by atoms with Crippen LogP contribution in [0.25, 0.3) is 34.0 Å². The lowest BCUT2D eigenvalue weighted by Crippen LogP contribution is -2.17. The zero-order valence-corrected chi connectivity index (χ0v) is 26.4. The molecule has 0 spiro atoms. The first kappa shape index (κ1) is 33.0. The topological polar surface area (TPSA) is 142 Å². The number of carboxylic acids is 1. The van der Waals surface area contributed by atoms with Crippen LogP contribution in [0.5, 0.6) is 5.75 Å². The third-order valence-electron chi connectivity index (χ3n) is 7.22. The normalized spacial score (nSPS) is 11.7. The molecule has 4 N–H and O–H groups in total. The highest BCUT2D eigenvalue weighted by atomic mass is 16.4. The number of hydrogen-bond acceptors (Lipinski definition) is 6. The number of phenols is 1. The fourth-order valence-electron chi connectivity index (χ4n) is 4.81. The summed E-state index contributed by atoms with van der Waals surface area (Å²) in [4.78, 5) is 39.7. The van der Waals surface area contributed by atoms with Crippen molar-refractivity contribution >= 4 is 29.2 Å². The van der Waals surface area contributed by atoms with E-state index < -0.39 is 11.9 Å². The lowest BCUT2D eigenvalue weighted by Gasteiger charge is -2.27. The van der Waals surface area contributed by atoms with Gasteiger partial charge in [-0.15, -0.1) is 0 Å². The maximum Gasteiger partial charge on any atom is 0.303 e. The zero-order chi connectivity index (χ0) is 33.1. The Bertz CT molecular complexity index is 1670. The number of aromatic hydroxyl groups is 1. The second kappa shape index (κ2) is 13.0. The Morgan fingerprint density at radius 1 is 0.756 bits per heavy atom. The summed E-state index contributed by atoms with van der Waals surface area (Å²) in [7, 11) is 0. The first-order chi connectivity index (χ1) is 21.1. The summed E-state index contributed by atoms with van der Waals surface area (Å²) in [5, 5.41) is 25.5. The Labute approximate surface area is 263 Å². The molecular weight excluding hydrogens is 570 g/mol. The van der Waals surface area contributed by atoms with Crippen LogP contribution in [-0.2, 0) is 25.2 Å². The van der Waals surface area contributed by atoms with Crippen molar-refractivity contribution in [3.8, 4) is 39.8 Å². The summed E-state index contributed by atoms with van der Waals surface area (Å²) in [5.74, 6) is -0.647. The van der Waals surface area contributed by atoms with E-state index in [9.17, 15) is 19.5 Å². The van der Waals surface area contributed by atoms with Crippen LogP contribution in [0.2, 0.25) is 0 Å². The molecule has 0 aliphatic rings. The first-order valence-electron chi connectivity index (χ1n) is 14.7. The number of carbonyl (C=O) groups excluding carboxylic acids is 2. The molecule has 0 saturated carbocycles. The van der Waals surface area contributed by atoms with Gasteiger partial charge in [-0.05, 0) is 66.3 Å². The van der Waals surface area contributed by atoms with Crippen LogP contribution >= 0.6 is 0 Å². The number of hydrogen-bond donors (Lipinski definition) is 4. The van der Waals surface area contributed by atoms with Gasteiger partial charge < -0.3 is 25.3 Å². The number of benzene rings is 3. The molecule has 1 aromatic heterocycles. The Morgan fingerprint density at radius 2 is 1.24 bits per heavy atom. The molecule has 9 nitrogen and oxygen atoms in total. The minimum atomic E-state index is -1.04. The van der Waals surface area contributed by atoms with Gasteiger partial charge in [-0.3, -0.25) is 14.4 Å². The van der Waals surface area contributed by atoms with Gasteiger partial charge in [0.25, 0.3) is 0 Å². The third-order valence-corrected chi connectivity index (χ3v) is 7.22. The monoisotopic (exact) mass is 609 g/mol. The van der Waals surface area contributed by atoms with Crippen molar-refractivity contribution in [2.75, 3.05) is 10.6 Å². The molecule has 0 aliphatic heterocycles. The molecule has 4 rings (SSSR count). The molecule has 0 atom stereocenters. The van der Waals surface area contributed by atoms with E-state index in [1.165, 1.54) is 0 Å². The third kappa shape index (κ3) is 7.98. The van der Waals surface area contributed by atoms with E-state index in [0.29, 0.717) is 39.8 Å². The molecule has 2 radical (unpaired) electrons. The number of aromatic nitrogens is 1. The van der Waals surface area contributed by atoms with E-state index in [1.807, 2.05) is 65.8 Å². The summed E-state index contributed by atoms with van der Waals surface area (Å²) >= 11 is 0. The zero-order valence-electron chi connectivity index (χ0n) is 26.4. The molecule has 0 aliphatic carbocycles. The van der Waals surface area contributed by atoms with Crippen LogP contribution in [0.4, 0.5) is 11.4 Å². The van der Waals surface area contributed by atoms with Crippen LogP contribution in [0, 0.1) is 6.92 Å². The highest BCUT2D eigenvalue weighted by Crippen LogP contribution is 2.43. The van der Waals surface area contributed by atoms with Crippen molar-refractivity contribution in [1.82, 2.24) is 4.98 Å². The largest absolute Gasteiger partial charge is 0.507 e. The molecule has 0 bridgehead atoms. The summed E-state index contributed by atoms with van der Waals surface area (Å²) < 4.78 is 6.48. The second-order valence-electron chi connectivity index (χ2n) is 13.0. The Kier molecular flexibility index (Phi) is 9.51. The number of oxazole rings is 1. The molecule has 0 unspecified atom stereocenters. The van der Waals surface area contributed by atoms with Crippen molar-refractivity contribution < 1.29 is 29.0 Å². The van der Waals surface area contributed by atoms with E-state index in [-0.39, 0.29) is 41.7 Å². The average Bonchev–Trinajstić information content (AvgIpc) is 3.41. The highest BCUT2D eigenvalue weighted by Gasteiger charge is 2.28. The number of amides is 2. The molecule has 3 aromatic carbocycles. The standard InChI is InChI=1S/C36H39N3O6/c1-8-28(40)37-24-13-9-21(10-14-24)31-33(22-11-15-25(16-12-22)38-29(41)17-18-30(42)43)45-34(39-31)23-19-26(35(2,3)4)32(44)27(20-23)36(5,6)7/h1,9-16,19-20,44H,8,17-18H2,2-7H3,(H,37,40)(H,38,41)(H,42,43). The molecule has 45 heavy (non-hydrogen) atoms. The van der Waals surface area contributed by atoms with E-state index >= 15 is 0 Å². The number of nitrogens with one attached hydrogen (secondary N) is 2. The predicted octanol–water partition coefficient (Wildman–Crippen LogP) is 7.82. The number of rotatable bonds is 9. The maximum absolute atomic E-state index is 12.2. The number of carbonyl (C=O) groups is 3. The quantitative estimate of drug-likeness (QED) is 0.152. The van der Waals surface area contributed by atoms with E-state index in [2.05, 4.69) is 10.6 Å². The summed E-state index contributed by atoms with van der Waals surface area (Å²) in [6.07, 6.45) is -0.517. The van der Waals surface area contributed by atoms with Gasteiger partial charge in [0.2, 0.25) is 17.7 Å². The van der Waals surface area contributed by atoms with E-state index in [4.69, 9.17) is 21.4 Å². The van der Waals surface area contributed by atoms with Gasteiger partial charge in [0.15, 0.2) is 5.76 Å². The van der Waals surface area contributed by atoms with Crippen LogP contribution in [-0.4, -0.2) is 33.0 Å². The van der Waals surface area contributed by atoms with Crippen molar-refractivity contribution in [1.29, 1.82) is 0 Å². The average molecular weight is 610 g/mol. The van der Waals surface area contributed by atoms with Gasteiger partial charge in [-0.25, -0.2) is 4.98 Å². The highest BCUT2D eigenvalue weighted by molar-refractivity contribution is 5.93. The van der Waals surface area contributed by atoms with Crippen molar-refractivity contribution in [3.05, 3.63) is 78.7 Å². The summed E-state index contributed by atoms with van der Waals surface area (Å²) in [6.45, 7) is 17.7. The van der Waals surface area contributed by atoms with Crippen molar-refractivity contribution in [3.63, 3.8) is 0 Å². The minimum Gasteiger partial charge on any atom is -0.507 e. The molecule has 9 heteroatoms. The Hall–Kier alpha value is -4.92. The van der Waals surface area contributed by atoms with Gasteiger partial charge in [-0.2, -0.15) is 0 Å². The molecule has 2 amide bonds. The molecule has 0 saturated heterocycles. The van der Waals surface area contributed by atoms with Crippen LogP contribution < -0.4 is 10.6 Å². The molecule has 1 heterocycles. The Balaban J connectivity index is 1.82. The smallest absolute Gasteiger partial charge is 0.303 e. The first-order valence-corrected chi connectivity index (χ1v) is 14.7. The number of carboxylic acid groups (broad SMARTS) is 1. The number of anilines is 2. The predicted molar refractivity (Wildman–Crippen MR) is 175 cm³/mol. The van der Waals surface area contributed by atoms with E-state index in [1.54, 1.807) is 36.4 Å². The van der Waals surface area contributed by atoms with E-state index in [0.717, 1.165) is 16.7 Å². The van der Waals surface area contributed by atoms with Crippen LogP contribution in [0.3, 0.4) is 0 Å². The van der Waals surface area contributed by atoms with Gasteiger partial charge in [-0.1, -0.05) is 53.7 Å². The van der Waals surface area contributed by atoms with Crippen LogP contribution in [0.15, 0.2) is 65.1 Å². The van der Waals surface area contributed by atoms with Crippen molar-refractivity contribution in [2.24, 2.45) is 0 Å². The fraction of sp³-hybridized carbons (Fsp3) is 0.306. The molecule has 0 fully saturated rings. The molecule has 234 valence electrons. The number of nitrogens with zero attached hydrogens (tertiary/aromatic N) is 1. The number of aliphatic carboxylic acids is 1. The van der Waals surface area contributed by atoms with Crippen LogP contribution in [0.1, 0.15) is 71.9 Å². The minimum absolute atomic E-state index is 0.131. The SMILES string of the molecule is [CH]CC(=O)Nc1ccc(-c2nc(-c3cc(C(C)(C)C)c(O)c(C(C)(C)C)c3)oc2-c2ccc(NC(=O)CCC(=O)O)cc2)cc1. The summed E-state index contributed by atoms with van der Waals surface area (Å²) in [5.41, 5.74) is 4.64. The molecular formula is C36H39N3O6. The lowest BCUT2D eigenvalue weighted by atomic mass is 9.78. The Morgan fingerprint density at radius 3 is 1.71 bits per heavy atom.